The lowest BCUT2D eigenvalue weighted by atomic mass is 10.1. The third-order valence-electron chi connectivity index (χ3n) is 3.77. The van der Waals surface area contributed by atoms with Gasteiger partial charge in [0.1, 0.15) is 5.75 Å². The molecule has 8 nitrogen and oxygen atoms in total. The van der Waals surface area contributed by atoms with E-state index in [1.165, 1.54) is 28.8 Å². The number of aromatic nitrogens is 4. The monoisotopic (exact) mass is 392 g/mol. The molecule has 0 aliphatic carbocycles. The van der Waals surface area contributed by atoms with Gasteiger partial charge in [-0.3, -0.25) is 4.57 Å². The summed E-state index contributed by atoms with van der Waals surface area (Å²) in [5.74, 6) is -0.352. The first-order valence-corrected chi connectivity index (χ1v) is 7.94. The topological polar surface area (TPSA) is 96.2 Å². The maximum absolute atomic E-state index is 12.3. The third-order valence-corrected chi connectivity index (χ3v) is 3.77. The van der Waals surface area contributed by atoms with Crippen molar-refractivity contribution in [2.45, 2.75) is 19.8 Å². The van der Waals surface area contributed by atoms with Crippen LogP contribution in [0.15, 0.2) is 50.1 Å². The van der Waals surface area contributed by atoms with Crippen LogP contribution in [0, 0.1) is 6.92 Å². The van der Waals surface area contributed by atoms with Crippen molar-refractivity contribution in [1.82, 2.24) is 19.7 Å². The average molecular weight is 392 g/mol. The molecule has 1 aromatic carbocycles. The van der Waals surface area contributed by atoms with E-state index in [9.17, 15) is 18.0 Å². The van der Waals surface area contributed by atoms with Crippen LogP contribution in [-0.2, 0) is 6.54 Å². The molecule has 0 atom stereocenters. The Labute approximate surface area is 154 Å². The highest BCUT2D eigenvalue weighted by molar-refractivity contribution is 5.73. The first-order valence-electron chi connectivity index (χ1n) is 7.94. The zero-order valence-electron chi connectivity index (χ0n) is 14.2. The maximum atomic E-state index is 12.3. The summed E-state index contributed by atoms with van der Waals surface area (Å²) < 4.78 is 51.9. The van der Waals surface area contributed by atoms with Crippen LogP contribution in [-0.4, -0.2) is 26.1 Å². The number of pyridine rings is 1. The number of ether oxygens (including phenoxy) is 1. The first-order chi connectivity index (χ1) is 13.3. The molecule has 0 amide bonds. The summed E-state index contributed by atoms with van der Waals surface area (Å²) in [6.45, 7) is 1.62. The van der Waals surface area contributed by atoms with Crippen LogP contribution in [0.4, 0.5) is 13.2 Å². The number of alkyl halides is 3. The Balaban J connectivity index is 1.69. The third kappa shape index (κ3) is 3.59. The molecule has 0 bridgehead atoms. The molecule has 0 saturated heterocycles. The summed E-state index contributed by atoms with van der Waals surface area (Å²) in [5, 5.41) is 3.74. The lowest BCUT2D eigenvalue weighted by Crippen LogP contribution is -2.17. The summed E-state index contributed by atoms with van der Waals surface area (Å²) in [6.07, 6.45) is -4.76. The van der Waals surface area contributed by atoms with Gasteiger partial charge in [-0.05, 0) is 36.4 Å². The van der Waals surface area contributed by atoms with Crippen LogP contribution in [0.2, 0.25) is 0 Å². The van der Waals surface area contributed by atoms with Crippen molar-refractivity contribution in [3.8, 4) is 17.0 Å². The molecular weight excluding hydrogens is 381 g/mol. The van der Waals surface area contributed by atoms with Gasteiger partial charge in [-0.25, -0.2) is 9.78 Å². The van der Waals surface area contributed by atoms with Crippen LogP contribution in [0.25, 0.3) is 22.5 Å². The van der Waals surface area contributed by atoms with Crippen molar-refractivity contribution in [3.05, 3.63) is 58.7 Å². The van der Waals surface area contributed by atoms with Crippen molar-refractivity contribution < 1.29 is 26.8 Å². The molecule has 4 aromatic rings. The molecule has 144 valence electrons. The molecule has 0 saturated carbocycles. The Morgan fingerprint density at radius 2 is 1.86 bits per heavy atom. The SMILES string of the molecule is Cc1nc(Cn2c(=O)oc3ccc(-c4ccc(OC(F)(F)F)cc4)nc32)no1. The Morgan fingerprint density at radius 1 is 1.11 bits per heavy atom. The van der Waals surface area contributed by atoms with Crippen molar-refractivity contribution in [3.63, 3.8) is 0 Å². The maximum Gasteiger partial charge on any atom is 0.573 e. The lowest BCUT2D eigenvalue weighted by molar-refractivity contribution is -0.274. The number of hydrogen-bond donors (Lipinski definition) is 0. The summed E-state index contributed by atoms with van der Waals surface area (Å²) in [4.78, 5) is 20.6. The predicted molar refractivity (Wildman–Crippen MR) is 88.5 cm³/mol. The number of benzene rings is 1. The van der Waals surface area contributed by atoms with Crippen molar-refractivity contribution in [2.24, 2.45) is 0 Å². The van der Waals surface area contributed by atoms with Gasteiger partial charge in [-0.15, -0.1) is 13.2 Å². The van der Waals surface area contributed by atoms with Gasteiger partial charge in [-0.1, -0.05) is 5.16 Å². The molecule has 11 heteroatoms. The Bertz CT molecular complexity index is 1190. The lowest BCUT2D eigenvalue weighted by Gasteiger charge is -2.09. The molecule has 28 heavy (non-hydrogen) atoms. The fourth-order valence-corrected chi connectivity index (χ4v) is 2.62. The normalized spacial score (nSPS) is 11.9. The fraction of sp³-hybridized carbons (Fsp3) is 0.176. The highest BCUT2D eigenvalue weighted by Crippen LogP contribution is 2.26. The summed E-state index contributed by atoms with van der Waals surface area (Å²) in [6, 6.07) is 8.37. The van der Waals surface area contributed by atoms with E-state index >= 15 is 0 Å². The van der Waals surface area contributed by atoms with Gasteiger partial charge in [-0.2, -0.15) is 4.98 Å². The van der Waals surface area contributed by atoms with Crippen LogP contribution in [0.3, 0.4) is 0 Å². The highest BCUT2D eigenvalue weighted by Gasteiger charge is 2.31. The smallest absolute Gasteiger partial charge is 0.406 e. The van der Waals surface area contributed by atoms with E-state index in [0.29, 0.717) is 17.1 Å². The fourth-order valence-electron chi connectivity index (χ4n) is 2.62. The van der Waals surface area contributed by atoms with E-state index in [4.69, 9.17) is 8.94 Å². The van der Waals surface area contributed by atoms with Gasteiger partial charge in [0.05, 0.1) is 12.2 Å². The Hall–Kier alpha value is -3.63. The van der Waals surface area contributed by atoms with Crippen molar-refractivity contribution in [1.29, 1.82) is 0 Å². The molecule has 0 aliphatic rings. The molecule has 3 aromatic heterocycles. The average Bonchev–Trinajstić information content (AvgIpc) is 3.17. The predicted octanol–water partition coefficient (Wildman–Crippen LogP) is 3.29. The summed E-state index contributed by atoms with van der Waals surface area (Å²) in [5.41, 5.74) is 1.48. The van der Waals surface area contributed by atoms with Crippen molar-refractivity contribution >= 4 is 11.2 Å². The Kier molecular flexibility index (Phi) is 4.13. The number of halogens is 3. The Morgan fingerprint density at radius 3 is 2.50 bits per heavy atom. The second-order valence-corrected chi connectivity index (χ2v) is 5.77. The minimum absolute atomic E-state index is 0.00200. The molecule has 0 spiro atoms. The van der Waals surface area contributed by atoms with E-state index in [-0.39, 0.29) is 29.3 Å². The van der Waals surface area contributed by atoms with Crippen LogP contribution >= 0.6 is 0 Å². The number of hydrogen-bond acceptors (Lipinski definition) is 7. The summed E-state index contributed by atoms with van der Waals surface area (Å²) in [7, 11) is 0. The largest absolute Gasteiger partial charge is 0.573 e. The number of fused-ring (bicyclic) bond motifs is 1. The molecule has 0 radical (unpaired) electrons. The van der Waals surface area contributed by atoms with E-state index < -0.39 is 12.1 Å². The van der Waals surface area contributed by atoms with Crippen LogP contribution < -0.4 is 10.5 Å². The number of rotatable bonds is 4. The number of nitrogens with zero attached hydrogens (tertiary/aromatic N) is 4. The van der Waals surface area contributed by atoms with E-state index in [1.54, 1.807) is 19.1 Å². The van der Waals surface area contributed by atoms with E-state index in [1.807, 2.05) is 0 Å². The van der Waals surface area contributed by atoms with Gasteiger partial charge in [0, 0.05) is 12.5 Å². The second-order valence-electron chi connectivity index (χ2n) is 5.77. The summed E-state index contributed by atoms with van der Waals surface area (Å²) >= 11 is 0. The minimum atomic E-state index is -4.76. The highest BCUT2D eigenvalue weighted by atomic mass is 19.4. The van der Waals surface area contributed by atoms with Gasteiger partial charge in [0.15, 0.2) is 17.1 Å². The molecule has 4 rings (SSSR count). The first kappa shape index (κ1) is 17.8. The molecular formula is C17H11F3N4O4. The van der Waals surface area contributed by atoms with Crippen molar-refractivity contribution in [2.75, 3.05) is 0 Å². The standard InChI is InChI=1S/C17H11F3N4O4/c1-9-21-14(23-28-9)8-24-15-13(26-16(24)25)7-6-12(22-15)10-2-4-11(5-3-10)27-17(18,19)20/h2-7H,8H2,1H3. The molecule has 0 N–H and O–H groups in total. The van der Waals surface area contributed by atoms with Gasteiger partial charge < -0.3 is 13.7 Å². The molecule has 0 unspecified atom stereocenters. The minimum Gasteiger partial charge on any atom is -0.406 e. The second kappa shape index (κ2) is 6.51. The zero-order chi connectivity index (χ0) is 19.9. The zero-order valence-corrected chi connectivity index (χ0v) is 14.2. The van der Waals surface area contributed by atoms with Crippen LogP contribution in [0.1, 0.15) is 11.7 Å². The van der Waals surface area contributed by atoms with Crippen LogP contribution in [0.5, 0.6) is 5.75 Å². The van der Waals surface area contributed by atoms with E-state index in [0.717, 1.165) is 0 Å². The number of aryl methyl sites for hydroxylation is 1. The molecule has 0 fully saturated rings. The van der Waals surface area contributed by atoms with Gasteiger partial charge in [0.25, 0.3) is 0 Å². The van der Waals surface area contributed by atoms with Gasteiger partial charge >= 0.3 is 12.1 Å². The quantitative estimate of drug-likeness (QED) is 0.526. The van der Waals surface area contributed by atoms with Gasteiger partial charge in [0.2, 0.25) is 5.89 Å². The van der Waals surface area contributed by atoms with E-state index in [2.05, 4.69) is 19.9 Å². The molecule has 0 aliphatic heterocycles. The number of oxazole rings is 1. The molecule has 3 heterocycles.